The van der Waals surface area contributed by atoms with E-state index in [4.69, 9.17) is 8.94 Å². The fourth-order valence-electron chi connectivity index (χ4n) is 1.68. The molecule has 0 spiro atoms. The van der Waals surface area contributed by atoms with Gasteiger partial charge in [-0.15, -0.1) is 0 Å². The van der Waals surface area contributed by atoms with E-state index in [0.717, 1.165) is 17.0 Å². The van der Waals surface area contributed by atoms with E-state index in [1.807, 2.05) is 13.8 Å². The van der Waals surface area contributed by atoms with Crippen molar-refractivity contribution in [1.29, 1.82) is 0 Å². The molecule has 96 valence electrons. The fraction of sp³-hybridized carbons (Fsp3) is 0.333. The highest BCUT2D eigenvalue weighted by atomic mass is 79.9. The highest BCUT2D eigenvalue weighted by molar-refractivity contribution is 9.10. The van der Waals surface area contributed by atoms with Gasteiger partial charge in [0.15, 0.2) is 10.4 Å². The lowest BCUT2D eigenvalue weighted by atomic mass is 10.1. The Morgan fingerprint density at radius 2 is 2.22 bits per heavy atom. The number of aryl methyl sites for hydroxylation is 2. The third kappa shape index (κ3) is 2.81. The Morgan fingerprint density at radius 1 is 1.44 bits per heavy atom. The Morgan fingerprint density at radius 3 is 2.78 bits per heavy atom. The topological polar surface area (TPSA) is 68.3 Å². The second-order valence-electron chi connectivity index (χ2n) is 3.91. The molecule has 0 saturated carbocycles. The zero-order valence-electron chi connectivity index (χ0n) is 10.1. The average molecular weight is 313 g/mol. The molecule has 18 heavy (non-hydrogen) atoms. The Bertz CT molecular complexity index is 540. The van der Waals surface area contributed by atoms with Crippen molar-refractivity contribution < 1.29 is 13.7 Å². The maximum absolute atomic E-state index is 11.7. The van der Waals surface area contributed by atoms with Crippen molar-refractivity contribution in [3.8, 4) is 0 Å². The van der Waals surface area contributed by atoms with Crippen LogP contribution in [0.4, 0.5) is 0 Å². The van der Waals surface area contributed by atoms with E-state index in [1.165, 1.54) is 0 Å². The lowest BCUT2D eigenvalue weighted by Crippen LogP contribution is -2.25. The highest BCUT2D eigenvalue weighted by Gasteiger charge is 2.12. The van der Waals surface area contributed by atoms with Crippen LogP contribution in [0.3, 0.4) is 0 Å². The normalized spacial score (nSPS) is 10.6. The molecule has 1 amide bonds. The lowest BCUT2D eigenvalue weighted by Gasteiger charge is -2.02. The van der Waals surface area contributed by atoms with Crippen LogP contribution in [0.2, 0.25) is 0 Å². The van der Waals surface area contributed by atoms with Gasteiger partial charge in [0, 0.05) is 12.1 Å². The third-order valence-electron chi connectivity index (χ3n) is 2.64. The molecule has 0 unspecified atom stereocenters. The van der Waals surface area contributed by atoms with Crippen LogP contribution < -0.4 is 5.32 Å². The molecule has 1 N–H and O–H groups in total. The molecular formula is C12H13BrN2O3. The molecular weight excluding hydrogens is 300 g/mol. The maximum atomic E-state index is 11.7. The van der Waals surface area contributed by atoms with Gasteiger partial charge in [-0.1, -0.05) is 5.16 Å². The summed E-state index contributed by atoms with van der Waals surface area (Å²) in [4.78, 5) is 11.7. The van der Waals surface area contributed by atoms with E-state index in [1.54, 1.807) is 12.1 Å². The fourth-order valence-corrected chi connectivity index (χ4v) is 1.99. The van der Waals surface area contributed by atoms with Gasteiger partial charge in [-0.3, -0.25) is 4.79 Å². The first kappa shape index (κ1) is 12.9. The minimum atomic E-state index is -0.229. The molecule has 2 aromatic heterocycles. The number of carbonyl (C=O) groups is 1. The molecule has 0 aliphatic rings. The van der Waals surface area contributed by atoms with E-state index in [9.17, 15) is 4.79 Å². The second-order valence-corrected chi connectivity index (χ2v) is 4.69. The smallest absolute Gasteiger partial charge is 0.287 e. The Hall–Kier alpha value is -1.56. The predicted octanol–water partition coefficient (Wildman–Crippen LogP) is 2.62. The van der Waals surface area contributed by atoms with E-state index in [2.05, 4.69) is 26.4 Å². The molecule has 0 saturated heterocycles. The van der Waals surface area contributed by atoms with E-state index in [-0.39, 0.29) is 5.91 Å². The SMILES string of the molecule is Cc1noc(C)c1CCNC(=O)c1ccc(Br)o1. The molecule has 0 radical (unpaired) electrons. The number of nitrogens with one attached hydrogen (secondary N) is 1. The summed E-state index contributed by atoms with van der Waals surface area (Å²) in [5.74, 6) is 0.857. The summed E-state index contributed by atoms with van der Waals surface area (Å²) < 4.78 is 10.7. The molecule has 2 aromatic rings. The van der Waals surface area contributed by atoms with Crippen molar-refractivity contribution in [3.63, 3.8) is 0 Å². The molecule has 2 rings (SSSR count). The Balaban J connectivity index is 1.88. The van der Waals surface area contributed by atoms with Crippen molar-refractivity contribution in [3.05, 3.63) is 39.6 Å². The van der Waals surface area contributed by atoms with Crippen LogP contribution in [0.5, 0.6) is 0 Å². The third-order valence-corrected chi connectivity index (χ3v) is 3.06. The second kappa shape index (κ2) is 5.39. The van der Waals surface area contributed by atoms with Crippen LogP contribution in [0, 0.1) is 13.8 Å². The number of aromatic nitrogens is 1. The standard InChI is InChI=1S/C12H13BrN2O3/c1-7-9(8(2)18-15-7)5-6-14-12(16)10-3-4-11(13)17-10/h3-4H,5-6H2,1-2H3,(H,14,16). The minimum Gasteiger partial charge on any atom is -0.444 e. The molecule has 0 aliphatic heterocycles. The van der Waals surface area contributed by atoms with Gasteiger partial charge in [0.25, 0.3) is 5.91 Å². The van der Waals surface area contributed by atoms with Crippen LogP contribution in [0.25, 0.3) is 0 Å². The van der Waals surface area contributed by atoms with Crippen molar-refractivity contribution >= 4 is 21.8 Å². The highest BCUT2D eigenvalue weighted by Crippen LogP contribution is 2.14. The molecule has 2 heterocycles. The van der Waals surface area contributed by atoms with E-state index in [0.29, 0.717) is 23.4 Å². The van der Waals surface area contributed by atoms with Gasteiger partial charge >= 0.3 is 0 Å². The maximum Gasteiger partial charge on any atom is 0.287 e. The van der Waals surface area contributed by atoms with Gasteiger partial charge < -0.3 is 14.3 Å². The molecule has 5 nitrogen and oxygen atoms in total. The zero-order chi connectivity index (χ0) is 13.1. The summed E-state index contributed by atoms with van der Waals surface area (Å²) in [6.07, 6.45) is 0.689. The van der Waals surface area contributed by atoms with Crippen LogP contribution in [0.1, 0.15) is 27.6 Å². The number of nitrogens with zero attached hydrogens (tertiary/aromatic N) is 1. The number of hydrogen-bond donors (Lipinski definition) is 1. The number of amides is 1. The Labute approximate surface area is 113 Å². The van der Waals surface area contributed by atoms with Gasteiger partial charge in [-0.05, 0) is 48.3 Å². The number of furan rings is 1. The summed E-state index contributed by atoms with van der Waals surface area (Å²) >= 11 is 3.15. The molecule has 0 aromatic carbocycles. The first-order valence-electron chi connectivity index (χ1n) is 5.53. The summed E-state index contributed by atoms with van der Waals surface area (Å²) in [5.41, 5.74) is 1.90. The van der Waals surface area contributed by atoms with E-state index >= 15 is 0 Å². The van der Waals surface area contributed by atoms with Gasteiger partial charge in [-0.25, -0.2) is 0 Å². The van der Waals surface area contributed by atoms with Crippen LogP contribution in [0.15, 0.2) is 25.7 Å². The molecule has 0 atom stereocenters. The summed E-state index contributed by atoms with van der Waals surface area (Å²) in [6, 6.07) is 3.30. The Kier molecular flexibility index (Phi) is 3.86. The van der Waals surface area contributed by atoms with Gasteiger partial charge in [0.1, 0.15) is 5.76 Å². The number of rotatable bonds is 4. The van der Waals surface area contributed by atoms with Gasteiger partial charge in [-0.2, -0.15) is 0 Å². The van der Waals surface area contributed by atoms with E-state index < -0.39 is 0 Å². The van der Waals surface area contributed by atoms with Gasteiger partial charge in [0.2, 0.25) is 0 Å². The first-order chi connectivity index (χ1) is 8.58. The van der Waals surface area contributed by atoms with Gasteiger partial charge in [0.05, 0.1) is 5.69 Å². The zero-order valence-corrected chi connectivity index (χ0v) is 11.7. The number of halogens is 1. The molecule has 0 fully saturated rings. The van der Waals surface area contributed by atoms with Crippen LogP contribution >= 0.6 is 15.9 Å². The first-order valence-corrected chi connectivity index (χ1v) is 6.32. The molecule has 0 aliphatic carbocycles. The molecule has 0 bridgehead atoms. The van der Waals surface area contributed by atoms with Crippen molar-refractivity contribution in [2.24, 2.45) is 0 Å². The van der Waals surface area contributed by atoms with Crippen molar-refractivity contribution in [2.45, 2.75) is 20.3 Å². The van der Waals surface area contributed by atoms with Crippen molar-refractivity contribution in [2.75, 3.05) is 6.54 Å². The quantitative estimate of drug-likeness (QED) is 0.942. The average Bonchev–Trinajstić information content (AvgIpc) is 2.89. The monoisotopic (exact) mass is 312 g/mol. The largest absolute Gasteiger partial charge is 0.444 e. The lowest BCUT2D eigenvalue weighted by molar-refractivity contribution is 0.0925. The summed E-state index contributed by atoms with van der Waals surface area (Å²) in [7, 11) is 0. The number of hydrogen-bond acceptors (Lipinski definition) is 4. The summed E-state index contributed by atoms with van der Waals surface area (Å²) in [5, 5.41) is 6.65. The minimum absolute atomic E-state index is 0.229. The molecule has 6 heteroatoms. The van der Waals surface area contributed by atoms with Crippen LogP contribution in [-0.2, 0) is 6.42 Å². The summed E-state index contributed by atoms with van der Waals surface area (Å²) in [6.45, 7) is 4.26. The number of carbonyl (C=O) groups excluding carboxylic acids is 1. The predicted molar refractivity (Wildman–Crippen MR) is 68.4 cm³/mol. The van der Waals surface area contributed by atoms with Crippen LogP contribution in [-0.4, -0.2) is 17.6 Å². The van der Waals surface area contributed by atoms with Crippen molar-refractivity contribution in [1.82, 2.24) is 10.5 Å².